The van der Waals surface area contributed by atoms with Gasteiger partial charge in [0, 0.05) is 49.8 Å². The summed E-state index contributed by atoms with van der Waals surface area (Å²) in [6.07, 6.45) is 12.1. The van der Waals surface area contributed by atoms with Gasteiger partial charge in [0.2, 0.25) is 0 Å². The molecular formula is C25H20F2N4O. The third-order valence-corrected chi connectivity index (χ3v) is 5.46. The lowest BCUT2D eigenvalue weighted by atomic mass is 10.1. The van der Waals surface area contributed by atoms with Gasteiger partial charge in [0.05, 0.1) is 11.4 Å². The normalized spacial score (nSPS) is 11.2. The summed E-state index contributed by atoms with van der Waals surface area (Å²) in [4.78, 5) is 12.5. The Morgan fingerprint density at radius 2 is 1.09 bits per heavy atom. The molecule has 0 bridgehead atoms. The molecule has 0 aliphatic heterocycles. The highest BCUT2D eigenvalue weighted by molar-refractivity contribution is 5.95. The zero-order chi connectivity index (χ0) is 22.2. The van der Waals surface area contributed by atoms with E-state index in [-0.39, 0.29) is 35.0 Å². The molecule has 4 aromatic heterocycles. The van der Waals surface area contributed by atoms with Crippen LogP contribution in [0.3, 0.4) is 0 Å². The van der Waals surface area contributed by atoms with E-state index in [1.807, 2.05) is 0 Å². The molecule has 0 radical (unpaired) electrons. The van der Waals surface area contributed by atoms with Gasteiger partial charge < -0.3 is 18.3 Å². The topological polar surface area (TPSA) is 36.8 Å². The average Bonchev–Trinajstić information content (AvgIpc) is 3.60. The SMILES string of the molecule is CCC(=O)c1cccn1-c1c(F)c(-n2cccc2)c(-n2cccc2)c(-n2cccc2)c1F. The first-order valence-electron chi connectivity index (χ1n) is 10.3. The van der Waals surface area contributed by atoms with Gasteiger partial charge in [-0.15, -0.1) is 0 Å². The molecule has 160 valence electrons. The van der Waals surface area contributed by atoms with Gasteiger partial charge in [0.25, 0.3) is 0 Å². The predicted molar refractivity (Wildman–Crippen MR) is 118 cm³/mol. The van der Waals surface area contributed by atoms with Crippen molar-refractivity contribution in [2.45, 2.75) is 13.3 Å². The van der Waals surface area contributed by atoms with Gasteiger partial charge >= 0.3 is 0 Å². The fourth-order valence-electron chi connectivity index (χ4n) is 4.00. The molecule has 1 aromatic carbocycles. The van der Waals surface area contributed by atoms with Crippen LogP contribution in [0.5, 0.6) is 0 Å². The van der Waals surface area contributed by atoms with Gasteiger partial charge in [0.1, 0.15) is 17.1 Å². The highest BCUT2D eigenvalue weighted by Gasteiger charge is 2.29. The molecule has 5 rings (SSSR count). The van der Waals surface area contributed by atoms with Crippen molar-refractivity contribution in [2.75, 3.05) is 0 Å². The molecule has 0 aliphatic rings. The van der Waals surface area contributed by atoms with E-state index in [0.717, 1.165) is 0 Å². The summed E-state index contributed by atoms with van der Waals surface area (Å²) in [7, 11) is 0. The molecule has 4 heterocycles. The molecule has 7 heteroatoms. The van der Waals surface area contributed by atoms with Crippen molar-refractivity contribution >= 4 is 5.78 Å². The Balaban J connectivity index is 1.95. The number of benzene rings is 1. The van der Waals surface area contributed by atoms with E-state index in [1.54, 1.807) is 106 Å². The van der Waals surface area contributed by atoms with Crippen LogP contribution in [0.1, 0.15) is 23.8 Å². The van der Waals surface area contributed by atoms with E-state index in [2.05, 4.69) is 0 Å². The molecule has 0 N–H and O–H groups in total. The first-order valence-corrected chi connectivity index (χ1v) is 10.3. The summed E-state index contributed by atoms with van der Waals surface area (Å²) in [5, 5.41) is 0. The third kappa shape index (κ3) is 3.01. The van der Waals surface area contributed by atoms with Crippen molar-refractivity contribution in [1.29, 1.82) is 0 Å². The van der Waals surface area contributed by atoms with E-state index in [0.29, 0.717) is 5.69 Å². The summed E-state index contributed by atoms with van der Waals surface area (Å²) in [6, 6.07) is 13.9. The number of hydrogen-bond acceptors (Lipinski definition) is 1. The van der Waals surface area contributed by atoms with Gasteiger partial charge in [-0.1, -0.05) is 6.92 Å². The molecule has 0 saturated heterocycles. The Morgan fingerprint density at radius 3 is 1.53 bits per heavy atom. The first kappa shape index (κ1) is 19.8. The van der Waals surface area contributed by atoms with Crippen LogP contribution in [-0.4, -0.2) is 24.1 Å². The van der Waals surface area contributed by atoms with Crippen LogP contribution in [-0.2, 0) is 0 Å². The Morgan fingerprint density at radius 1 is 0.656 bits per heavy atom. The summed E-state index contributed by atoms with van der Waals surface area (Å²) in [6.45, 7) is 1.72. The molecule has 5 nitrogen and oxygen atoms in total. The van der Waals surface area contributed by atoms with Gasteiger partial charge in [-0.05, 0) is 48.5 Å². The van der Waals surface area contributed by atoms with Crippen molar-refractivity contribution in [1.82, 2.24) is 18.3 Å². The van der Waals surface area contributed by atoms with Gasteiger partial charge in [-0.2, -0.15) is 0 Å². The van der Waals surface area contributed by atoms with Crippen LogP contribution in [0.25, 0.3) is 22.7 Å². The molecule has 0 spiro atoms. The van der Waals surface area contributed by atoms with E-state index in [4.69, 9.17) is 0 Å². The molecule has 0 saturated carbocycles. The lowest BCUT2D eigenvalue weighted by molar-refractivity contribution is 0.0981. The second-order valence-electron chi connectivity index (χ2n) is 7.33. The number of hydrogen-bond donors (Lipinski definition) is 0. The van der Waals surface area contributed by atoms with Gasteiger partial charge in [-0.25, -0.2) is 8.78 Å². The third-order valence-electron chi connectivity index (χ3n) is 5.46. The molecule has 0 amide bonds. The smallest absolute Gasteiger partial charge is 0.179 e. The van der Waals surface area contributed by atoms with Crippen molar-refractivity contribution in [3.63, 3.8) is 0 Å². The number of rotatable bonds is 6. The average molecular weight is 430 g/mol. The van der Waals surface area contributed by atoms with Crippen LogP contribution < -0.4 is 0 Å². The fourth-order valence-corrected chi connectivity index (χ4v) is 4.00. The van der Waals surface area contributed by atoms with Gasteiger partial charge in [-0.3, -0.25) is 4.79 Å². The number of nitrogens with zero attached hydrogens (tertiary/aromatic N) is 4. The molecule has 0 unspecified atom stereocenters. The largest absolute Gasteiger partial charge is 0.320 e. The Labute approximate surface area is 183 Å². The van der Waals surface area contributed by atoms with Crippen molar-refractivity contribution < 1.29 is 13.6 Å². The van der Waals surface area contributed by atoms with E-state index >= 15 is 8.78 Å². The lowest BCUT2D eigenvalue weighted by Crippen LogP contribution is -2.17. The minimum Gasteiger partial charge on any atom is -0.320 e. The fraction of sp³-hybridized carbons (Fsp3) is 0.0800. The van der Waals surface area contributed by atoms with E-state index < -0.39 is 11.6 Å². The van der Waals surface area contributed by atoms with Crippen molar-refractivity contribution in [2.24, 2.45) is 0 Å². The Bertz CT molecular complexity index is 1320. The quantitative estimate of drug-likeness (QED) is 0.318. The van der Waals surface area contributed by atoms with Crippen LogP contribution in [0, 0.1) is 11.6 Å². The van der Waals surface area contributed by atoms with Gasteiger partial charge in [0.15, 0.2) is 17.4 Å². The Kier molecular flexibility index (Phi) is 4.86. The number of carbonyl (C=O) groups excluding carboxylic acids is 1. The minimum atomic E-state index is -0.764. The maximum Gasteiger partial charge on any atom is 0.179 e. The standard InChI is InChI=1S/C25H20F2N4O/c1-2-19(32)18-10-9-17-31(18)22-20(26)23(28-11-3-4-12-28)25(30-15-7-8-16-30)24(21(22)27)29-13-5-6-14-29/h3-17H,2H2,1H3. The second-order valence-corrected chi connectivity index (χ2v) is 7.33. The number of Topliss-reactive ketones (excluding diaryl/α,β-unsaturated/α-hetero) is 1. The lowest BCUT2D eigenvalue weighted by Gasteiger charge is -2.23. The highest BCUT2D eigenvalue weighted by atomic mass is 19.1. The zero-order valence-corrected chi connectivity index (χ0v) is 17.3. The van der Waals surface area contributed by atoms with Crippen LogP contribution >= 0.6 is 0 Å². The van der Waals surface area contributed by atoms with E-state index in [9.17, 15) is 4.79 Å². The Hall–Kier alpha value is -4.13. The minimum absolute atomic E-state index is 0.176. The molecule has 0 aliphatic carbocycles. The predicted octanol–water partition coefficient (Wildman–Crippen LogP) is 5.72. The van der Waals surface area contributed by atoms with Crippen molar-refractivity contribution in [3.05, 3.63) is 109 Å². The maximum atomic E-state index is 16.3. The number of carbonyl (C=O) groups is 1. The van der Waals surface area contributed by atoms with Crippen molar-refractivity contribution in [3.8, 4) is 22.7 Å². The van der Waals surface area contributed by atoms with Crippen LogP contribution in [0.2, 0.25) is 0 Å². The summed E-state index contributed by atoms with van der Waals surface area (Å²) < 4.78 is 38.8. The molecule has 0 fully saturated rings. The second kappa shape index (κ2) is 7.85. The molecular weight excluding hydrogens is 410 g/mol. The molecule has 32 heavy (non-hydrogen) atoms. The summed E-state index contributed by atoms with van der Waals surface area (Å²) in [5.74, 6) is -1.73. The summed E-state index contributed by atoms with van der Waals surface area (Å²) >= 11 is 0. The monoisotopic (exact) mass is 430 g/mol. The van der Waals surface area contributed by atoms with Crippen LogP contribution in [0.4, 0.5) is 8.78 Å². The van der Waals surface area contributed by atoms with Crippen LogP contribution in [0.15, 0.2) is 91.9 Å². The zero-order valence-electron chi connectivity index (χ0n) is 17.3. The van der Waals surface area contributed by atoms with E-state index in [1.165, 1.54) is 10.8 Å². The highest BCUT2D eigenvalue weighted by Crippen LogP contribution is 2.37. The maximum absolute atomic E-state index is 16.3. The first-order chi connectivity index (χ1) is 15.6. The molecule has 0 atom stereocenters. The number of halogens is 2. The summed E-state index contributed by atoms with van der Waals surface area (Å²) in [5.41, 5.74) is 0.632. The number of ketones is 1. The number of aromatic nitrogens is 4. The molecule has 5 aromatic rings.